The number of rotatable bonds is 9. The van der Waals surface area contributed by atoms with Crippen molar-refractivity contribution < 1.29 is 9.84 Å². The number of benzene rings is 1. The van der Waals surface area contributed by atoms with E-state index in [9.17, 15) is 5.11 Å². The molecule has 2 unspecified atom stereocenters. The molecule has 0 aliphatic heterocycles. The van der Waals surface area contributed by atoms with Crippen molar-refractivity contribution in [2.45, 2.75) is 26.4 Å². The van der Waals surface area contributed by atoms with Gasteiger partial charge in [-0.05, 0) is 25.1 Å². The molecule has 118 valence electrons. The van der Waals surface area contributed by atoms with Crippen LogP contribution in [0.25, 0.3) is 0 Å². The lowest BCUT2D eigenvalue weighted by Crippen LogP contribution is -2.35. The third kappa shape index (κ3) is 6.42. The van der Waals surface area contributed by atoms with Crippen LogP contribution in [0.5, 0.6) is 5.75 Å². The number of nitrogens with two attached hydrogens (primary N) is 1. The molecule has 0 aliphatic rings. The van der Waals surface area contributed by atoms with Crippen LogP contribution in [-0.2, 0) is 0 Å². The molecule has 0 aromatic heterocycles. The minimum absolute atomic E-state index is 0.227. The molecular weight excluding hydrogens is 284 g/mol. The molecule has 1 rings (SSSR count). The lowest BCUT2D eigenvalue weighted by atomic mass is 10.1. The van der Waals surface area contributed by atoms with E-state index in [2.05, 4.69) is 18.7 Å². The number of hydrogen-bond donors (Lipinski definition) is 2. The fourth-order valence-electron chi connectivity index (χ4n) is 2.13. The highest BCUT2D eigenvalue weighted by Gasteiger charge is 2.12. The van der Waals surface area contributed by atoms with E-state index in [1.165, 1.54) is 0 Å². The summed E-state index contributed by atoms with van der Waals surface area (Å²) in [4.78, 5) is 2.43. The van der Waals surface area contributed by atoms with Crippen LogP contribution >= 0.6 is 12.2 Å². The van der Waals surface area contributed by atoms with Crippen molar-refractivity contribution in [2.75, 3.05) is 26.7 Å². The highest BCUT2D eigenvalue weighted by atomic mass is 32.1. The third-order valence-corrected chi connectivity index (χ3v) is 3.65. The van der Waals surface area contributed by atoms with Crippen LogP contribution in [0.2, 0.25) is 0 Å². The van der Waals surface area contributed by atoms with Crippen LogP contribution in [0.15, 0.2) is 24.3 Å². The van der Waals surface area contributed by atoms with Crippen LogP contribution in [0.1, 0.15) is 25.8 Å². The van der Waals surface area contributed by atoms with Crippen molar-refractivity contribution in [1.82, 2.24) is 4.90 Å². The zero-order chi connectivity index (χ0) is 15.8. The normalized spacial score (nSPS) is 14.0. The van der Waals surface area contributed by atoms with Crippen molar-refractivity contribution in [1.29, 1.82) is 0 Å². The van der Waals surface area contributed by atoms with Gasteiger partial charge in [0.15, 0.2) is 0 Å². The molecule has 21 heavy (non-hydrogen) atoms. The van der Waals surface area contributed by atoms with Crippen LogP contribution in [0.3, 0.4) is 0 Å². The monoisotopic (exact) mass is 310 g/mol. The molecule has 1 aromatic carbocycles. The first-order valence-electron chi connectivity index (χ1n) is 7.32. The van der Waals surface area contributed by atoms with Gasteiger partial charge in [-0.1, -0.05) is 44.6 Å². The summed E-state index contributed by atoms with van der Waals surface area (Å²) < 4.78 is 5.65. The summed E-state index contributed by atoms with van der Waals surface area (Å²) in [5.74, 6) is 1.24. The molecule has 4 nitrogen and oxygen atoms in total. The second kappa shape index (κ2) is 8.97. The average Bonchev–Trinajstić information content (AvgIpc) is 2.44. The molecule has 0 amide bonds. The molecule has 2 atom stereocenters. The van der Waals surface area contributed by atoms with Gasteiger partial charge in [0.2, 0.25) is 0 Å². The first-order chi connectivity index (χ1) is 9.93. The maximum Gasteiger partial charge on any atom is 0.129 e. The number of likely N-dealkylation sites (N-methyl/N-ethyl adjacent to an activating group) is 1. The number of hydrogen-bond acceptors (Lipinski definition) is 4. The fraction of sp³-hybridized carbons (Fsp3) is 0.562. The Morgan fingerprint density at radius 2 is 2.05 bits per heavy atom. The van der Waals surface area contributed by atoms with Crippen LogP contribution in [0.4, 0.5) is 0 Å². The van der Waals surface area contributed by atoms with Gasteiger partial charge in [-0.3, -0.25) is 0 Å². The van der Waals surface area contributed by atoms with Gasteiger partial charge in [0.25, 0.3) is 0 Å². The summed E-state index contributed by atoms with van der Waals surface area (Å²) in [5, 5.41) is 10.1. The summed E-state index contributed by atoms with van der Waals surface area (Å²) in [6.07, 6.45) is 0.594. The number of aliphatic hydroxyl groups excluding tert-OH is 1. The van der Waals surface area contributed by atoms with Crippen LogP contribution in [-0.4, -0.2) is 47.8 Å². The Morgan fingerprint density at radius 3 is 2.67 bits per heavy atom. The first-order valence-corrected chi connectivity index (χ1v) is 7.73. The Balaban J connectivity index is 2.46. The highest BCUT2D eigenvalue weighted by Crippen LogP contribution is 2.18. The zero-order valence-electron chi connectivity index (χ0n) is 13.1. The van der Waals surface area contributed by atoms with Gasteiger partial charge in [-0.15, -0.1) is 0 Å². The van der Waals surface area contributed by atoms with Gasteiger partial charge in [-0.2, -0.15) is 0 Å². The fourth-order valence-corrected chi connectivity index (χ4v) is 2.30. The summed E-state index contributed by atoms with van der Waals surface area (Å²) >= 11 is 4.99. The standard InChI is InChI=1S/C16H26N2O2S/c1-4-12(2)9-18(3)10-13(19)11-20-15-8-6-5-7-14(15)16(17)21/h5-8,12-13,19H,4,9-11H2,1-3H3,(H2,17,21). The Labute approximate surface area is 132 Å². The van der Waals surface area contributed by atoms with Crippen molar-refractivity contribution in [3.8, 4) is 5.75 Å². The number of thiocarbonyl (C=S) groups is 1. The largest absolute Gasteiger partial charge is 0.490 e. The molecule has 5 heteroatoms. The van der Waals surface area contributed by atoms with Crippen LogP contribution in [0, 0.1) is 5.92 Å². The second-order valence-corrected chi connectivity index (χ2v) is 6.00. The Bertz CT molecular complexity index is 454. The van der Waals surface area contributed by atoms with Crippen molar-refractivity contribution >= 4 is 17.2 Å². The van der Waals surface area contributed by atoms with Gasteiger partial charge in [-0.25, -0.2) is 0 Å². The molecule has 0 radical (unpaired) electrons. The van der Waals surface area contributed by atoms with Gasteiger partial charge in [0.1, 0.15) is 23.4 Å². The van der Waals surface area contributed by atoms with E-state index >= 15 is 0 Å². The number of nitrogens with zero attached hydrogens (tertiary/aromatic N) is 1. The van der Waals surface area contributed by atoms with Gasteiger partial charge in [0, 0.05) is 13.1 Å². The zero-order valence-corrected chi connectivity index (χ0v) is 13.9. The minimum atomic E-state index is -0.543. The number of ether oxygens (including phenoxy) is 1. The van der Waals surface area contributed by atoms with Gasteiger partial charge < -0.3 is 20.5 Å². The van der Waals surface area contributed by atoms with Gasteiger partial charge >= 0.3 is 0 Å². The minimum Gasteiger partial charge on any atom is -0.490 e. The van der Waals surface area contributed by atoms with E-state index in [-0.39, 0.29) is 6.61 Å². The molecule has 3 N–H and O–H groups in total. The summed E-state index contributed by atoms with van der Waals surface area (Å²) in [6, 6.07) is 7.35. The third-order valence-electron chi connectivity index (χ3n) is 3.43. The lowest BCUT2D eigenvalue weighted by Gasteiger charge is -2.23. The van der Waals surface area contributed by atoms with E-state index in [1.54, 1.807) is 0 Å². The first kappa shape index (κ1) is 17.9. The van der Waals surface area contributed by atoms with E-state index in [1.807, 2.05) is 31.3 Å². The lowest BCUT2D eigenvalue weighted by molar-refractivity contribution is 0.0723. The van der Waals surface area contributed by atoms with Crippen molar-refractivity contribution in [3.05, 3.63) is 29.8 Å². The number of aliphatic hydroxyl groups is 1. The Morgan fingerprint density at radius 1 is 1.38 bits per heavy atom. The molecule has 0 fully saturated rings. The Kier molecular flexibility index (Phi) is 7.64. The van der Waals surface area contributed by atoms with E-state index in [4.69, 9.17) is 22.7 Å². The molecular formula is C16H26N2O2S. The molecule has 0 aliphatic carbocycles. The quantitative estimate of drug-likeness (QED) is 0.684. The molecule has 1 aromatic rings. The summed E-state index contributed by atoms with van der Waals surface area (Å²) in [7, 11) is 2.01. The maximum atomic E-state index is 10.1. The van der Waals surface area contributed by atoms with Crippen molar-refractivity contribution in [3.63, 3.8) is 0 Å². The summed E-state index contributed by atoms with van der Waals surface area (Å²) in [6.45, 7) is 6.16. The SMILES string of the molecule is CCC(C)CN(C)CC(O)COc1ccccc1C(N)=S. The molecule has 0 heterocycles. The van der Waals surface area contributed by atoms with E-state index in [0.717, 1.165) is 13.0 Å². The van der Waals surface area contributed by atoms with E-state index in [0.29, 0.717) is 28.8 Å². The summed E-state index contributed by atoms with van der Waals surface area (Å²) in [5.41, 5.74) is 6.35. The second-order valence-electron chi connectivity index (χ2n) is 5.56. The Hall–Kier alpha value is -1.17. The molecule has 0 spiro atoms. The topological polar surface area (TPSA) is 58.7 Å². The molecule has 0 bridgehead atoms. The van der Waals surface area contributed by atoms with E-state index < -0.39 is 6.10 Å². The molecule has 0 saturated carbocycles. The van der Waals surface area contributed by atoms with Gasteiger partial charge in [0.05, 0.1) is 5.56 Å². The highest BCUT2D eigenvalue weighted by molar-refractivity contribution is 7.80. The predicted octanol–water partition coefficient (Wildman–Crippen LogP) is 2.04. The van der Waals surface area contributed by atoms with Crippen LogP contribution < -0.4 is 10.5 Å². The average molecular weight is 310 g/mol. The van der Waals surface area contributed by atoms with Crippen molar-refractivity contribution in [2.24, 2.45) is 11.7 Å². The molecule has 0 saturated heterocycles. The maximum absolute atomic E-state index is 10.1. The smallest absolute Gasteiger partial charge is 0.129 e. The number of para-hydroxylation sites is 1. The predicted molar refractivity (Wildman–Crippen MR) is 90.8 cm³/mol.